The van der Waals surface area contributed by atoms with Crippen LogP contribution in [0.25, 0.3) is 11.1 Å². The molecule has 2 aromatic carbocycles. The maximum Gasteiger partial charge on any atom is 0.407 e. The van der Waals surface area contributed by atoms with Crippen molar-refractivity contribution < 1.29 is 24.2 Å². The Labute approximate surface area is 200 Å². The number of alkyl carbamates (subject to hydrolysis) is 1. The number of carbonyl (C=O) groups is 3. The molecular formula is C27H32N2O5. The summed E-state index contributed by atoms with van der Waals surface area (Å²) in [7, 11) is 0. The SMILES string of the molecule is CC(CCC(=O)N1CC(CCCC(=O)O)C1)NC(=O)OCC1c2ccccc2-c2ccccc21. The van der Waals surface area contributed by atoms with Crippen molar-refractivity contribution in [2.75, 3.05) is 19.7 Å². The highest BCUT2D eigenvalue weighted by Crippen LogP contribution is 2.44. The van der Waals surface area contributed by atoms with Crippen LogP contribution < -0.4 is 5.32 Å². The molecule has 1 heterocycles. The molecule has 180 valence electrons. The topological polar surface area (TPSA) is 95.9 Å². The molecule has 7 nitrogen and oxygen atoms in total. The van der Waals surface area contributed by atoms with E-state index >= 15 is 0 Å². The van der Waals surface area contributed by atoms with Gasteiger partial charge in [0.1, 0.15) is 6.61 Å². The van der Waals surface area contributed by atoms with Crippen LogP contribution in [0.4, 0.5) is 4.79 Å². The van der Waals surface area contributed by atoms with E-state index < -0.39 is 12.1 Å². The smallest absolute Gasteiger partial charge is 0.407 e. The molecule has 1 aliphatic heterocycles. The number of hydrogen-bond acceptors (Lipinski definition) is 4. The molecule has 0 spiro atoms. The van der Waals surface area contributed by atoms with Crippen molar-refractivity contribution in [3.8, 4) is 11.1 Å². The predicted octanol–water partition coefficient (Wildman–Crippen LogP) is 4.41. The first kappa shape index (κ1) is 23.8. The summed E-state index contributed by atoms with van der Waals surface area (Å²) in [6.07, 6.45) is 2.13. The van der Waals surface area contributed by atoms with Crippen LogP contribution in [0.2, 0.25) is 0 Å². The second-order valence-corrected chi connectivity index (χ2v) is 9.36. The summed E-state index contributed by atoms with van der Waals surface area (Å²) >= 11 is 0. The molecular weight excluding hydrogens is 432 g/mol. The van der Waals surface area contributed by atoms with Crippen LogP contribution in [0.1, 0.15) is 56.1 Å². The van der Waals surface area contributed by atoms with Gasteiger partial charge in [-0.05, 0) is 54.4 Å². The number of fused-ring (bicyclic) bond motifs is 3. The van der Waals surface area contributed by atoms with Crippen LogP contribution in [0, 0.1) is 5.92 Å². The Kier molecular flexibility index (Phi) is 7.50. The van der Waals surface area contributed by atoms with Gasteiger partial charge in [-0.3, -0.25) is 9.59 Å². The summed E-state index contributed by atoms with van der Waals surface area (Å²) in [4.78, 5) is 37.2. The van der Waals surface area contributed by atoms with Crippen LogP contribution in [0.15, 0.2) is 48.5 Å². The third kappa shape index (κ3) is 5.58. The lowest BCUT2D eigenvalue weighted by atomic mass is 9.93. The summed E-state index contributed by atoms with van der Waals surface area (Å²) in [5, 5.41) is 11.5. The summed E-state index contributed by atoms with van der Waals surface area (Å²) in [6.45, 7) is 3.54. The largest absolute Gasteiger partial charge is 0.481 e. The Balaban J connectivity index is 1.17. The van der Waals surface area contributed by atoms with Crippen molar-refractivity contribution in [3.05, 3.63) is 59.7 Å². The molecule has 1 unspecified atom stereocenters. The first-order chi connectivity index (χ1) is 16.4. The normalized spacial score (nSPS) is 15.7. The van der Waals surface area contributed by atoms with E-state index in [1.165, 1.54) is 22.3 Å². The molecule has 34 heavy (non-hydrogen) atoms. The Bertz CT molecular complexity index is 1000. The highest BCUT2D eigenvalue weighted by molar-refractivity contribution is 5.79. The minimum Gasteiger partial charge on any atom is -0.481 e. The lowest BCUT2D eigenvalue weighted by Crippen LogP contribution is -2.50. The highest BCUT2D eigenvalue weighted by Gasteiger charge is 2.31. The number of amides is 2. The minimum absolute atomic E-state index is 0.0184. The fourth-order valence-electron chi connectivity index (χ4n) is 4.91. The third-order valence-corrected chi connectivity index (χ3v) is 6.81. The van der Waals surface area contributed by atoms with Gasteiger partial charge in [-0.25, -0.2) is 4.79 Å². The second-order valence-electron chi connectivity index (χ2n) is 9.36. The van der Waals surface area contributed by atoms with Gasteiger partial charge in [0.15, 0.2) is 0 Å². The zero-order valence-corrected chi connectivity index (χ0v) is 19.5. The van der Waals surface area contributed by atoms with E-state index in [1.807, 2.05) is 36.1 Å². The standard InChI is InChI=1S/C27H32N2O5/c1-18(13-14-25(30)29-15-19(16-29)7-6-12-26(31)32)28-27(33)34-17-24-22-10-4-2-8-20(22)21-9-3-5-11-23(21)24/h2-5,8-11,18-19,24H,6-7,12-17H2,1H3,(H,28,33)(H,31,32). The number of aliphatic carboxylic acids is 1. The van der Waals surface area contributed by atoms with Gasteiger partial charge >= 0.3 is 12.1 Å². The average molecular weight is 465 g/mol. The highest BCUT2D eigenvalue weighted by atomic mass is 16.5. The minimum atomic E-state index is -0.773. The van der Waals surface area contributed by atoms with Crippen molar-refractivity contribution in [1.29, 1.82) is 0 Å². The number of benzene rings is 2. The van der Waals surface area contributed by atoms with Crippen LogP contribution in [-0.4, -0.2) is 53.7 Å². The van der Waals surface area contributed by atoms with Crippen molar-refractivity contribution in [1.82, 2.24) is 10.2 Å². The van der Waals surface area contributed by atoms with E-state index in [1.54, 1.807) is 0 Å². The Morgan fingerprint density at radius 1 is 1.03 bits per heavy atom. The summed E-state index contributed by atoms with van der Waals surface area (Å²) < 4.78 is 5.58. The molecule has 0 radical (unpaired) electrons. The van der Waals surface area contributed by atoms with Crippen LogP contribution in [0.5, 0.6) is 0 Å². The van der Waals surface area contributed by atoms with E-state index in [9.17, 15) is 14.4 Å². The van der Waals surface area contributed by atoms with E-state index in [0.29, 0.717) is 38.3 Å². The third-order valence-electron chi connectivity index (χ3n) is 6.81. The lowest BCUT2D eigenvalue weighted by molar-refractivity contribution is -0.139. The van der Waals surface area contributed by atoms with Crippen molar-refractivity contribution in [2.45, 2.75) is 51.0 Å². The zero-order valence-electron chi connectivity index (χ0n) is 19.5. The van der Waals surface area contributed by atoms with Gasteiger partial charge in [-0.2, -0.15) is 0 Å². The zero-order chi connectivity index (χ0) is 24.1. The number of carboxylic acids is 1. The second kappa shape index (κ2) is 10.7. The molecule has 1 fully saturated rings. The molecule has 0 aromatic heterocycles. The molecule has 4 rings (SSSR count). The molecule has 7 heteroatoms. The van der Waals surface area contributed by atoms with Crippen LogP contribution in [0.3, 0.4) is 0 Å². The number of nitrogens with zero attached hydrogens (tertiary/aromatic N) is 1. The molecule has 2 N–H and O–H groups in total. The molecule has 0 saturated carbocycles. The molecule has 2 aliphatic rings. The number of carbonyl (C=O) groups excluding carboxylic acids is 2. The summed E-state index contributed by atoms with van der Waals surface area (Å²) in [5.41, 5.74) is 4.72. The summed E-state index contributed by atoms with van der Waals surface area (Å²) in [6, 6.07) is 16.3. The average Bonchev–Trinajstić information content (AvgIpc) is 3.11. The first-order valence-corrected chi connectivity index (χ1v) is 12.0. The fraction of sp³-hybridized carbons (Fsp3) is 0.444. The monoisotopic (exact) mass is 464 g/mol. The molecule has 1 atom stereocenters. The van der Waals surface area contributed by atoms with Crippen molar-refractivity contribution in [2.24, 2.45) is 5.92 Å². The number of likely N-dealkylation sites (tertiary alicyclic amines) is 1. The van der Waals surface area contributed by atoms with Crippen molar-refractivity contribution in [3.63, 3.8) is 0 Å². The predicted molar refractivity (Wildman–Crippen MR) is 128 cm³/mol. The Morgan fingerprint density at radius 3 is 2.26 bits per heavy atom. The maximum absolute atomic E-state index is 12.4. The van der Waals surface area contributed by atoms with Gasteiger partial charge in [0.05, 0.1) is 0 Å². The van der Waals surface area contributed by atoms with Gasteiger partial charge in [0, 0.05) is 37.9 Å². The van der Waals surface area contributed by atoms with Crippen LogP contribution in [-0.2, 0) is 14.3 Å². The number of nitrogens with one attached hydrogen (secondary N) is 1. The number of hydrogen-bond donors (Lipinski definition) is 2. The van der Waals surface area contributed by atoms with Gasteiger partial charge in [0.25, 0.3) is 0 Å². The van der Waals surface area contributed by atoms with Gasteiger partial charge < -0.3 is 20.1 Å². The molecule has 2 amide bonds. The van der Waals surface area contributed by atoms with Gasteiger partial charge in [-0.1, -0.05) is 48.5 Å². The van der Waals surface area contributed by atoms with E-state index in [0.717, 1.165) is 6.42 Å². The van der Waals surface area contributed by atoms with E-state index in [4.69, 9.17) is 9.84 Å². The fourth-order valence-corrected chi connectivity index (χ4v) is 4.91. The van der Waals surface area contributed by atoms with E-state index in [-0.39, 0.29) is 30.9 Å². The molecule has 1 saturated heterocycles. The van der Waals surface area contributed by atoms with Crippen molar-refractivity contribution >= 4 is 18.0 Å². The molecule has 2 aromatic rings. The quantitative estimate of drug-likeness (QED) is 0.543. The molecule has 0 bridgehead atoms. The molecule has 1 aliphatic carbocycles. The number of ether oxygens (including phenoxy) is 1. The van der Waals surface area contributed by atoms with Gasteiger partial charge in [-0.15, -0.1) is 0 Å². The number of carboxylic acid groups (broad SMARTS) is 1. The maximum atomic E-state index is 12.4. The Morgan fingerprint density at radius 2 is 1.65 bits per heavy atom. The Hall–Kier alpha value is -3.35. The van der Waals surface area contributed by atoms with Gasteiger partial charge in [0.2, 0.25) is 5.91 Å². The van der Waals surface area contributed by atoms with Crippen LogP contribution >= 0.6 is 0 Å². The number of rotatable bonds is 10. The van der Waals surface area contributed by atoms with E-state index in [2.05, 4.69) is 29.6 Å². The first-order valence-electron chi connectivity index (χ1n) is 12.0. The summed E-state index contributed by atoms with van der Waals surface area (Å²) in [5.74, 6) is -0.273. The lowest BCUT2D eigenvalue weighted by Gasteiger charge is -2.39.